The maximum Gasteiger partial charge on any atom is 0.102 e. The zero-order valence-electron chi connectivity index (χ0n) is 8.52. The predicted octanol–water partition coefficient (Wildman–Crippen LogP) is -0.112. The molecule has 2 rings (SSSR count). The molecule has 1 fully saturated rings. The van der Waals surface area contributed by atoms with Crippen LogP contribution >= 0.6 is 0 Å². The van der Waals surface area contributed by atoms with Gasteiger partial charge in [-0.25, -0.2) is 0 Å². The number of ether oxygens (including phenoxy) is 1. The van der Waals surface area contributed by atoms with Crippen molar-refractivity contribution in [1.29, 1.82) is 0 Å². The lowest BCUT2D eigenvalue weighted by atomic mass is 9.92. The number of nitrogens with zero attached hydrogens (tertiary/aromatic N) is 1. The van der Waals surface area contributed by atoms with E-state index < -0.39 is 0 Å². The first-order chi connectivity index (χ1) is 6.68. The summed E-state index contributed by atoms with van der Waals surface area (Å²) < 4.78 is 5.20. The van der Waals surface area contributed by atoms with Crippen LogP contribution < -0.4 is 5.73 Å². The molecule has 2 aliphatic heterocycles. The van der Waals surface area contributed by atoms with Crippen molar-refractivity contribution in [3.05, 3.63) is 12.0 Å². The minimum Gasteiger partial charge on any atom is -0.499 e. The summed E-state index contributed by atoms with van der Waals surface area (Å²) in [5.41, 5.74) is 7.09. The van der Waals surface area contributed by atoms with Gasteiger partial charge in [-0.2, -0.15) is 0 Å². The topological polar surface area (TPSA) is 58.7 Å². The van der Waals surface area contributed by atoms with E-state index in [1.807, 2.05) is 13.2 Å². The van der Waals surface area contributed by atoms with Crippen LogP contribution in [0.4, 0.5) is 0 Å². The van der Waals surface area contributed by atoms with E-state index >= 15 is 0 Å². The Kier molecular flexibility index (Phi) is 2.65. The summed E-state index contributed by atoms with van der Waals surface area (Å²) in [7, 11) is 0. The third-order valence-corrected chi connectivity index (χ3v) is 3.06. The number of rotatable bonds is 1. The molecule has 2 heterocycles. The Morgan fingerprint density at radius 3 is 2.93 bits per heavy atom. The van der Waals surface area contributed by atoms with Crippen molar-refractivity contribution in [1.82, 2.24) is 4.90 Å². The van der Waals surface area contributed by atoms with Gasteiger partial charge < -0.3 is 20.5 Å². The average molecular weight is 198 g/mol. The molecule has 4 heteroatoms. The van der Waals surface area contributed by atoms with Gasteiger partial charge in [0.2, 0.25) is 0 Å². The summed E-state index contributed by atoms with van der Waals surface area (Å²) in [6.07, 6.45) is 2.42. The average Bonchev–Trinajstić information content (AvgIpc) is 2.66. The molecule has 0 radical (unpaired) electrons. The number of hydrogen-bond donors (Lipinski definition) is 2. The monoisotopic (exact) mass is 198 g/mol. The molecule has 14 heavy (non-hydrogen) atoms. The lowest BCUT2D eigenvalue weighted by Crippen LogP contribution is -2.54. The Hall–Kier alpha value is -0.740. The molecule has 0 bridgehead atoms. The second-order valence-electron chi connectivity index (χ2n) is 4.27. The molecule has 0 aromatic carbocycles. The number of nitrogens with two attached hydrogens (primary N) is 1. The van der Waals surface area contributed by atoms with E-state index in [1.54, 1.807) is 0 Å². The van der Waals surface area contributed by atoms with Gasteiger partial charge in [0.1, 0.15) is 6.26 Å². The largest absolute Gasteiger partial charge is 0.499 e. The van der Waals surface area contributed by atoms with E-state index in [0.29, 0.717) is 0 Å². The van der Waals surface area contributed by atoms with E-state index in [1.165, 1.54) is 5.70 Å². The second-order valence-corrected chi connectivity index (χ2v) is 4.27. The molecule has 0 unspecified atom stereocenters. The molecule has 80 valence electrons. The fraction of sp³-hybridized carbons (Fsp3) is 0.800. The van der Waals surface area contributed by atoms with Crippen LogP contribution in [0.15, 0.2) is 12.0 Å². The molecule has 0 saturated carbocycles. The Bertz CT molecular complexity index is 230. The van der Waals surface area contributed by atoms with Crippen LogP contribution in [0.2, 0.25) is 0 Å². The number of piperidine rings is 1. The van der Waals surface area contributed by atoms with Gasteiger partial charge >= 0.3 is 0 Å². The first-order valence-electron chi connectivity index (χ1n) is 5.17. The second kappa shape index (κ2) is 3.79. The summed E-state index contributed by atoms with van der Waals surface area (Å²) >= 11 is 0. The van der Waals surface area contributed by atoms with Crippen LogP contribution in [0.1, 0.15) is 13.3 Å². The summed E-state index contributed by atoms with van der Waals surface area (Å²) in [6, 6.07) is -0.139. The predicted molar refractivity (Wildman–Crippen MR) is 53.4 cm³/mol. The van der Waals surface area contributed by atoms with Crippen LogP contribution in [-0.4, -0.2) is 41.8 Å². The fourth-order valence-corrected chi connectivity index (χ4v) is 2.16. The first-order valence-corrected chi connectivity index (χ1v) is 5.17. The Balaban J connectivity index is 2.01. The van der Waals surface area contributed by atoms with E-state index in [0.717, 1.165) is 26.1 Å². The van der Waals surface area contributed by atoms with E-state index in [4.69, 9.17) is 10.5 Å². The van der Waals surface area contributed by atoms with E-state index in [9.17, 15) is 5.11 Å². The number of likely N-dealkylation sites (tertiary alicyclic amines) is 1. The summed E-state index contributed by atoms with van der Waals surface area (Å²) in [6.45, 7) is 4.43. The number of aliphatic hydroxyl groups excluding tert-OH is 1. The van der Waals surface area contributed by atoms with Crippen LogP contribution in [0, 0.1) is 5.92 Å². The minimum atomic E-state index is -0.367. The molecular weight excluding hydrogens is 180 g/mol. The molecule has 1 saturated heterocycles. The van der Waals surface area contributed by atoms with Crippen molar-refractivity contribution in [2.24, 2.45) is 11.7 Å². The van der Waals surface area contributed by atoms with E-state index in [2.05, 4.69) is 4.90 Å². The fourth-order valence-electron chi connectivity index (χ4n) is 2.16. The SMILES string of the molecule is C[C@H]1CN(C2=COCC2)C[C@@H](N)[C@@H]1O. The lowest BCUT2D eigenvalue weighted by molar-refractivity contribution is 0.0289. The Morgan fingerprint density at radius 2 is 2.36 bits per heavy atom. The molecule has 3 N–H and O–H groups in total. The zero-order chi connectivity index (χ0) is 10.1. The Morgan fingerprint density at radius 1 is 1.57 bits per heavy atom. The third kappa shape index (κ3) is 1.72. The van der Waals surface area contributed by atoms with Gasteiger partial charge in [0.05, 0.1) is 18.4 Å². The van der Waals surface area contributed by atoms with Crippen molar-refractivity contribution < 1.29 is 9.84 Å². The lowest BCUT2D eigenvalue weighted by Gasteiger charge is -2.40. The highest BCUT2D eigenvalue weighted by molar-refractivity contribution is 5.05. The van der Waals surface area contributed by atoms with Crippen molar-refractivity contribution in [3.63, 3.8) is 0 Å². The molecular formula is C10H18N2O2. The molecule has 0 aromatic rings. The smallest absolute Gasteiger partial charge is 0.102 e. The van der Waals surface area contributed by atoms with Gasteiger partial charge in [0.25, 0.3) is 0 Å². The molecule has 0 spiro atoms. The van der Waals surface area contributed by atoms with Crippen molar-refractivity contribution >= 4 is 0 Å². The summed E-state index contributed by atoms with van der Waals surface area (Å²) in [5.74, 6) is 0.236. The van der Waals surface area contributed by atoms with Gasteiger partial charge in [-0.15, -0.1) is 0 Å². The summed E-state index contributed by atoms with van der Waals surface area (Å²) in [5, 5.41) is 9.70. The normalized spacial score (nSPS) is 38.1. The van der Waals surface area contributed by atoms with Gasteiger partial charge in [0.15, 0.2) is 0 Å². The highest BCUT2D eigenvalue weighted by Gasteiger charge is 2.32. The van der Waals surface area contributed by atoms with Gasteiger partial charge in [0, 0.05) is 31.5 Å². The molecule has 2 aliphatic rings. The van der Waals surface area contributed by atoms with Crippen molar-refractivity contribution in [2.45, 2.75) is 25.5 Å². The van der Waals surface area contributed by atoms with Crippen molar-refractivity contribution in [3.8, 4) is 0 Å². The van der Waals surface area contributed by atoms with Crippen LogP contribution in [0.25, 0.3) is 0 Å². The minimum absolute atomic E-state index is 0.139. The van der Waals surface area contributed by atoms with Crippen LogP contribution in [0.5, 0.6) is 0 Å². The van der Waals surface area contributed by atoms with E-state index in [-0.39, 0.29) is 18.1 Å². The number of hydrogen-bond acceptors (Lipinski definition) is 4. The maximum atomic E-state index is 9.70. The number of aliphatic hydroxyl groups is 1. The van der Waals surface area contributed by atoms with Gasteiger partial charge in [-0.1, -0.05) is 6.92 Å². The first kappa shape index (κ1) is 9.80. The van der Waals surface area contributed by atoms with Crippen LogP contribution in [-0.2, 0) is 4.74 Å². The molecule has 4 nitrogen and oxygen atoms in total. The zero-order valence-corrected chi connectivity index (χ0v) is 8.52. The van der Waals surface area contributed by atoms with Gasteiger partial charge in [-0.05, 0) is 0 Å². The highest BCUT2D eigenvalue weighted by atomic mass is 16.5. The standard InChI is InChI=1S/C10H18N2O2/c1-7-4-12(5-9(11)10(7)13)8-2-3-14-6-8/h6-7,9-10,13H,2-5,11H2,1H3/t7-,9+,10+/m0/s1. The molecule has 0 amide bonds. The van der Waals surface area contributed by atoms with Gasteiger partial charge in [-0.3, -0.25) is 0 Å². The molecule has 0 aromatic heterocycles. The van der Waals surface area contributed by atoms with Crippen LogP contribution in [0.3, 0.4) is 0 Å². The third-order valence-electron chi connectivity index (χ3n) is 3.06. The maximum absolute atomic E-state index is 9.70. The van der Waals surface area contributed by atoms with Crippen molar-refractivity contribution in [2.75, 3.05) is 19.7 Å². The molecule has 0 aliphatic carbocycles. The quantitative estimate of drug-likeness (QED) is 0.617. The molecule has 3 atom stereocenters. The summed E-state index contributed by atoms with van der Waals surface area (Å²) in [4.78, 5) is 2.23. The Labute approximate surface area is 84.3 Å². The highest BCUT2D eigenvalue weighted by Crippen LogP contribution is 2.23.